The molecule has 0 amide bonds. The maximum absolute atomic E-state index is 13.4. The van der Waals surface area contributed by atoms with Crippen molar-refractivity contribution < 1.29 is 9.13 Å². The van der Waals surface area contributed by atoms with E-state index in [0.717, 1.165) is 5.56 Å². The Balaban J connectivity index is 2.16. The predicted octanol–water partition coefficient (Wildman–Crippen LogP) is 2.69. The average Bonchev–Trinajstić information content (AvgIpc) is 2.38. The van der Waals surface area contributed by atoms with Crippen LogP contribution in [0.4, 0.5) is 4.39 Å². The van der Waals surface area contributed by atoms with Crippen molar-refractivity contribution in [1.29, 1.82) is 5.41 Å². The number of nitrogen functional groups attached to an aromatic ring is 1. The molecule has 18 heavy (non-hydrogen) atoms. The summed E-state index contributed by atoms with van der Waals surface area (Å²) in [4.78, 5) is 0. The van der Waals surface area contributed by atoms with Gasteiger partial charge in [0.25, 0.3) is 0 Å². The van der Waals surface area contributed by atoms with Crippen molar-refractivity contribution in [3.8, 4) is 5.75 Å². The van der Waals surface area contributed by atoms with Gasteiger partial charge in [0.2, 0.25) is 0 Å². The lowest BCUT2D eigenvalue weighted by molar-refractivity contribution is 0.290. The van der Waals surface area contributed by atoms with Gasteiger partial charge in [-0.25, -0.2) is 4.39 Å². The van der Waals surface area contributed by atoms with Gasteiger partial charge in [0.15, 0.2) is 11.6 Å². The van der Waals surface area contributed by atoms with Crippen LogP contribution in [0.15, 0.2) is 48.5 Å². The summed E-state index contributed by atoms with van der Waals surface area (Å²) in [6.07, 6.45) is 0. The minimum absolute atomic E-state index is 0.0252. The molecule has 0 aliphatic carbocycles. The molecule has 0 aromatic heterocycles. The fourth-order valence-electron chi connectivity index (χ4n) is 1.63. The summed E-state index contributed by atoms with van der Waals surface area (Å²) >= 11 is 0. The van der Waals surface area contributed by atoms with Crippen LogP contribution >= 0.6 is 0 Å². The number of rotatable bonds is 4. The first-order valence-electron chi connectivity index (χ1n) is 5.48. The van der Waals surface area contributed by atoms with Gasteiger partial charge in [-0.3, -0.25) is 5.41 Å². The Morgan fingerprint density at radius 3 is 2.50 bits per heavy atom. The van der Waals surface area contributed by atoms with Crippen molar-refractivity contribution in [2.45, 2.75) is 6.61 Å². The topological polar surface area (TPSA) is 59.1 Å². The van der Waals surface area contributed by atoms with Crippen LogP contribution in [0.3, 0.4) is 0 Å². The van der Waals surface area contributed by atoms with E-state index < -0.39 is 5.82 Å². The number of nitrogens with one attached hydrogen (secondary N) is 1. The van der Waals surface area contributed by atoms with E-state index in [0.29, 0.717) is 5.56 Å². The van der Waals surface area contributed by atoms with Crippen molar-refractivity contribution in [3.63, 3.8) is 0 Å². The predicted molar refractivity (Wildman–Crippen MR) is 68.2 cm³/mol. The molecule has 0 aliphatic rings. The molecular weight excluding hydrogens is 231 g/mol. The number of halogens is 1. The normalized spacial score (nSPS) is 10.1. The van der Waals surface area contributed by atoms with Crippen LogP contribution in [0.25, 0.3) is 0 Å². The van der Waals surface area contributed by atoms with Gasteiger partial charge < -0.3 is 10.5 Å². The zero-order valence-electron chi connectivity index (χ0n) is 9.69. The Hall–Kier alpha value is -2.36. The lowest BCUT2D eigenvalue weighted by Gasteiger charge is -2.10. The quantitative estimate of drug-likeness (QED) is 0.641. The number of amidine groups is 1. The van der Waals surface area contributed by atoms with Gasteiger partial charge >= 0.3 is 0 Å². The van der Waals surface area contributed by atoms with E-state index in [1.807, 2.05) is 6.07 Å². The molecule has 0 spiro atoms. The highest BCUT2D eigenvalue weighted by molar-refractivity contribution is 5.96. The zero-order chi connectivity index (χ0) is 13.0. The number of nitrogens with two attached hydrogens (primary N) is 1. The molecule has 0 radical (unpaired) electrons. The summed E-state index contributed by atoms with van der Waals surface area (Å²) < 4.78 is 18.7. The largest absolute Gasteiger partial charge is 0.486 e. The van der Waals surface area contributed by atoms with Crippen LogP contribution in [-0.4, -0.2) is 5.84 Å². The average molecular weight is 244 g/mol. The number of para-hydroxylation sites is 1. The van der Waals surface area contributed by atoms with Crippen molar-refractivity contribution in [1.82, 2.24) is 0 Å². The zero-order valence-corrected chi connectivity index (χ0v) is 9.69. The van der Waals surface area contributed by atoms with E-state index in [1.165, 1.54) is 6.07 Å². The van der Waals surface area contributed by atoms with Crippen molar-refractivity contribution in [2.75, 3.05) is 0 Å². The summed E-state index contributed by atoms with van der Waals surface area (Å²) in [6, 6.07) is 13.4. The third-order valence-corrected chi connectivity index (χ3v) is 2.53. The Morgan fingerprint density at radius 2 is 1.78 bits per heavy atom. The standard InChI is InChI=1S/C14H13FN2O/c15-12-7-3-4-8-13(12)18-9-10-5-1-2-6-11(10)14(16)17/h1-8H,9H2,(H3,16,17). The van der Waals surface area contributed by atoms with E-state index in [1.54, 1.807) is 36.4 Å². The summed E-state index contributed by atoms with van der Waals surface area (Å²) in [5.74, 6) is -0.239. The maximum atomic E-state index is 13.4. The molecule has 3 N–H and O–H groups in total. The molecule has 0 unspecified atom stereocenters. The molecule has 0 atom stereocenters. The molecular formula is C14H13FN2O. The van der Waals surface area contributed by atoms with Crippen molar-refractivity contribution in [2.24, 2.45) is 5.73 Å². The fourth-order valence-corrected chi connectivity index (χ4v) is 1.63. The first-order chi connectivity index (χ1) is 8.68. The number of hydrogen-bond donors (Lipinski definition) is 2. The van der Waals surface area contributed by atoms with E-state index >= 15 is 0 Å². The monoisotopic (exact) mass is 244 g/mol. The second-order valence-corrected chi connectivity index (χ2v) is 3.79. The molecule has 0 saturated carbocycles. The SMILES string of the molecule is N=C(N)c1ccccc1COc1ccccc1F. The highest BCUT2D eigenvalue weighted by Crippen LogP contribution is 2.18. The second kappa shape index (κ2) is 5.31. The molecule has 0 bridgehead atoms. The number of hydrogen-bond acceptors (Lipinski definition) is 2. The van der Waals surface area contributed by atoms with E-state index in [2.05, 4.69) is 0 Å². The molecule has 92 valence electrons. The first kappa shape index (κ1) is 12.1. The van der Waals surface area contributed by atoms with Crippen LogP contribution < -0.4 is 10.5 Å². The summed E-state index contributed by atoms with van der Waals surface area (Å²) in [5, 5.41) is 7.45. The molecule has 3 nitrogen and oxygen atoms in total. The molecule has 2 aromatic carbocycles. The Bertz CT molecular complexity index is 569. The molecule has 2 aromatic rings. The van der Waals surface area contributed by atoms with Crippen molar-refractivity contribution >= 4 is 5.84 Å². The van der Waals surface area contributed by atoms with Gasteiger partial charge in [0, 0.05) is 11.1 Å². The highest BCUT2D eigenvalue weighted by atomic mass is 19.1. The fraction of sp³-hybridized carbons (Fsp3) is 0.0714. The van der Waals surface area contributed by atoms with Gasteiger partial charge in [-0.05, 0) is 12.1 Å². The van der Waals surface area contributed by atoms with E-state index in [-0.39, 0.29) is 18.2 Å². The summed E-state index contributed by atoms with van der Waals surface area (Å²) in [7, 11) is 0. The summed E-state index contributed by atoms with van der Waals surface area (Å²) in [5.41, 5.74) is 6.83. The highest BCUT2D eigenvalue weighted by Gasteiger charge is 2.06. The second-order valence-electron chi connectivity index (χ2n) is 3.79. The minimum Gasteiger partial charge on any atom is -0.486 e. The third-order valence-electron chi connectivity index (χ3n) is 2.53. The van der Waals surface area contributed by atoms with E-state index in [4.69, 9.17) is 15.9 Å². The van der Waals surface area contributed by atoms with E-state index in [9.17, 15) is 4.39 Å². The van der Waals surface area contributed by atoms with Gasteiger partial charge in [0.05, 0.1) is 0 Å². The third kappa shape index (κ3) is 2.66. The minimum atomic E-state index is -0.405. The van der Waals surface area contributed by atoms with Crippen LogP contribution in [0.2, 0.25) is 0 Å². The van der Waals surface area contributed by atoms with Gasteiger partial charge in [-0.1, -0.05) is 36.4 Å². The van der Waals surface area contributed by atoms with Gasteiger partial charge in [0.1, 0.15) is 12.4 Å². The van der Waals surface area contributed by atoms with Gasteiger partial charge in [-0.15, -0.1) is 0 Å². The van der Waals surface area contributed by atoms with Crippen LogP contribution in [-0.2, 0) is 6.61 Å². The lowest BCUT2D eigenvalue weighted by atomic mass is 10.1. The van der Waals surface area contributed by atoms with Crippen LogP contribution in [0.1, 0.15) is 11.1 Å². The van der Waals surface area contributed by atoms with Crippen molar-refractivity contribution in [3.05, 3.63) is 65.5 Å². The van der Waals surface area contributed by atoms with Crippen LogP contribution in [0.5, 0.6) is 5.75 Å². The molecule has 0 saturated heterocycles. The molecule has 2 rings (SSSR count). The van der Waals surface area contributed by atoms with Gasteiger partial charge in [-0.2, -0.15) is 0 Å². The molecule has 0 heterocycles. The Labute approximate surface area is 105 Å². The smallest absolute Gasteiger partial charge is 0.165 e. The Morgan fingerprint density at radius 1 is 1.11 bits per heavy atom. The summed E-state index contributed by atoms with van der Waals surface area (Å²) in [6.45, 7) is 0.177. The maximum Gasteiger partial charge on any atom is 0.165 e. The molecule has 0 fully saturated rings. The first-order valence-corrected chi connectivity index (χ1v) is 5.48. The van der Waals surface area contributed by atoms with Crippen LogP contribution in [0, 0.1) is 11.2 Å². The molecule has 0 aliphatic heterocycles. The Kier molecular flexibility index (Phi) is 3.57. The number of ether oxygens (including phenoxy) is 1. The molecule has 4 heteroatoms. The lowest BCUT2D eigenvalue weighted by Crippen LogP contribution is -2.14. The number of benzene rings is 2.